The SMILES string of the molecule is CCC(C)Oc1ccc(C=NNC(=O)Nc2ccccc2C)cc1. The van der Waals surface area contributed by atoms with Gasteiger partial charge in [-0.1, -0.05) is 25.1 Å². The lowest BCUT2D eigenvalue weighted by Crippen LogP contribution is -2.24. The molecule has 2 amide bonds. The van der Waals surface area contributed by atoms with Crippen molar-refractivity contribution in [1.82, 2.24) is 5.43 Å². The highest BCUT2D eigenvalue weighted by Gasteiger charge is 2.02. The summed E-state index contributed by atoms with van der Waals surface area (Å²) < 4.78 is 5.71. The summed E-state index contributed by atoms with van der Waals surface area (Å²) in [5.74, 6) is 0.826. The normalized spacial score (nSPS) is 12.0. The van der Waals surface area contributed by atoms with Crippen LogP contribution in [-0.2, 0) is 0 Å². The van der Waals surface area contributed by atoms with Gasteiger partial charge in [0, 0.05) is 5.69 Å². The van der Waals surface area contributed by atoms with Gasteiger partial charge >= 0.3 is 6.03 Å². The number of para-hydroxylation sites is 1. The molecule has 2 aromatic carbocycles. The van der Waals surface area contributed by atoms with Crippen molar-refractivity contribution in [3.8, 4) is 5.75 Å². The summed E-state index contributed by atoms with van der Waals surface area (Å²) in [6.07, 6.45) is 2.74. The van der Waals surface area contributed by atoms with E-state index >= 15 is 0 Å². The number of rotatable bonds is 6. The number of aryl methyl sites for hydroxylation is 1. The van der Waals surface area contributed by atoms with Crippen molar-refractivity contribution in [1.29, 1.82) is 0 Å². The van der Waals surface area contributed by atoms with Crippen molar-refractivity contribution in [3.05, 3.63) is 59.7 Å². The van der Waals surface area contributed by atoms with Gasteiger partial charge in [-0.15, -0.1) is 0 Å². The summed E-state index contributed by atoms with van der Waals surface area (Å²) in [5.41, 5.74) is 5.08. The summed E-state index contributed by atoms with van der Waals surface area (Å²) in [6, 6.07) is 14.8. The van der Waals surface area contributed by atoms with E-state index in [0.29, 0.717) is 0 Å². The molecule has 5 heteroatoms. The largest absolute Gasteiger partial charge is 0.491 e. The lowest BCUT2D eigenvalue weighted by Gasteiger charge is -2.12. The van der Waals surface area contributed by atoms with E-state index in [1.807, 2.05) is 62.4 Å². The number of hydrogen-bond donors (Lipinski definition) is 2. The van der Waals surface area contributed by atoms with Crippen LogP contribution in [0.1, 0.15) is 31.4 Å². The molecule has 0 bridgehead atoms. The van der Waals surface area contributed by atoms with Crippen LogP contribution < -0.4 is 15.5 Å². The van der Waals surface area contributed by atoms with Gasteiger partial charge in [0.15, 0.2) is 0 Å². The van der Waals surface area contributed by atoms with E-state index in [1.165, 1.54) is 0 Å². The van der Waals surface area contributed by atoms with Gasteiger partial charge in [0.2, 0.25) is 0 Å². The van der Waals surface area contributed by atoms with Gasteiger partial charge in [-0.05, 0) is 61.7 Å². The van der Waals surface area contributed by atoms with Crippen LogP contribution in [0.2, 0.25) is 0 Å². The first-order valence-corrected chi connectivity index (χ1v) is 8.01. The Morgan fingerprint density at radius 1 is 1.21 bits per heavy atom. The first kappa shape index (κ1) is 17.5. The van der Waals surface area contributed by atoms with E-state index in [-0.39, 0.29) is 12.1 Å². The number of carbonyl (C=O) groups is 1. The molecule has 2 rings (SSSR count). The van der Waals surface area contributed by atoms with E-state index in [0.717, 1.165) is 29.0 Å². The molecule has 1 unspecified atom stereocenters. The van der Waals surface area contributed by atoms with Gasteiger partial charge in [0.05, 0.1) is 12.3 Å². The minimum Gasteiger partial charge on any atom is -0.491 e. The molecule has 0 fully saturated rings. The average Bonchev–Trinajstić information content (AvgIpc) is 2.58. The zero-order valence-corrected chi connectivity index (χ0v) is 14.2. The van der Waals surface area contributed by atoms with Crippen molar-refractivity contribution in [2.45, 2.75) is 33.3 Å². The molecule has 2 N–H and O–H groups in total. The smallest absolute Gasteiger partial charge is 0.339 e. The second kappa shape index (κ2) is 8.72. The lowest BCUT2D eigenvalue weighted by molar-refractivity contribution is 0.217. The summed E-state index contributed by atoms with van der Waals surface area (Å²) in [4.78, 5) is 11.8. The number of anilines is 1. The van der Waals surface area contributed by atoms with Crippen LogP contribution >= 0.6 is 0 Å². The van der Waals surface area contributed by atoms with Gasteiger partial charge in [-0.25, -0.2) is 10.2 Å². The van der Waals surface area contributed by atoms with Crippen LogP contribution in [0.3, 0.4) is 0 Å². The standard InChI is InChI=1S/C19H23N3O2/c1-4-15(3)24-17-11-9-16(10-12-17)13-20-22-19(23)21-18-8-6-5-7-14(18)2/h5-13,15H,4H2,1-3H3,(H2,21,22,23). The molecular formula is C19H23N3O2. The predicted molar refractivity (Wildman–Crippen MR) is 97.8 cm³/mol. The van der Waals surface area contributed by atoms with E-state index in [2.05, 4.69) is 22.8 Å². The number of carbonyl (C=O) groups excluding carboxylic acids is 1. The molecular weight excluding hydrogens is 302 g/mol. The Labute approximate surface area is 142 Å². The van der Waals surface area contributed by atoms with Crippen LogP contribution in [-0.4, -0.2) is 18.3 Å². The molecule has 126 valence electrons. The molecule has 0 saturated carbocycles. The highest BCUT2D eigenvalue weighted by Crippen LogP contribution is 2.14. The quantitative estimate of drug-likeness (QED) is 0.613. The zero-order chi connectivity index (χ0) is 17.4. The number of hydrazone groups is 1. The number of nitrogens with one attached hydrogen (secondary N) is 2. The molecule has 0 aliphatic carbocycles. The average molecular weight is 325 g/mol. The second-order valence-corrected chi connectivity index (χ2v) is 5.54. The number of urea groups is 1. The first-order chi connectivity index (χ1) is 11.6. The third-order valence-electron chi connectivity index (χ3n) is 3.57. The van der Waals surface area contributed by atoms with Gasteiger partial charge in [-0.3, -0.25) is 0 Å². The predicted octanol–water partition coefficient (Wildman–Crippen LogP) is 4.33. The number of amides is 2. The van der Waals surface area contributed by atoms with Gasteiger partial charge in [-0.2, -0.15) is 5.10 Å². The second-order valence-electron chi connectivity index (χ2n) is 5.54. The Bertz CT molecular complexity index is 696. The lowest BCUT2D eigenvalue weighted by atomic mass is 10.2. The monoisotopic (exact) mass is 325 g/mol. The van der Waals surface area contributed by atoms with Crippen molar-refractivity contribution in [2.75, 3.05) is 5.32 Å². The van der Waals surface area contributed by atoms with Crippen molar-refractivity contribution in [2.24, 2.45) is 5.10 Å². The molecule has 0 radical (unpaired) electrons. The summed E-state index contributed by atoms with van der Waals surface area (Å²) in [5, 5.41) is 6.70. The molecule has 5 nitrogen and oxygen atoms in total. The third-order valence-corrected chi connectivity index (χ3v) is 3.57. The van der Waals surface area contributed by atoms with Gasteiger partial charge in [0.1, 0.15) is 5.75 Å². The molecule has 2 aromatic rings. The van der Waals surface area contributed by atoms with E-state index < -0.39 is 0 Å². The molecule has 0 aliphatic heterocycles. The van der Waals surface area contributed by atoms with Crippen LogP contribution in [0.4, 0.5) is 10.5 Å². The molecule has 0 aromatic heterocycles. The Balaban J connectivity index is 1.85. The van der Waals surface area contributed by atoms with E-state index in [9.17, 15) is 4.79 Å². The Hall–Kier alpha value is -2.82. The fourth-order valence-electron chi connectivity index (χ4n) is 1.98. The van der Waals surface area contributed by atoms with Crippen LogP contribution in [0.5, 0.6) is 5.75 Å². The van der Waals surface area contributed by atoms with Crippen molar-refractivity contribution < 1.29 is 9.53 Å². The van der Waals surface area contributed by atoms with Crippen molar-refractivity contribution >= 4 is 17.9 Å². The zero-order valence-electron chi connectivity index (χ0n) is 14.2. The first-order valence-electron chi connectivity index (χ1n) is 8.01. The Morgan fingerprint density at radius 2 is 1.92 bits per heavy atom. The number of hydrogen-bond acceptors (Lipinski definition) is 3. The number of benzene rings is 2. The van der Waals surface area contributed by atoms with Gasteiger partial charge in [0.25, 0.3) is 0 Å². The fraction of sp³-hybridized carbons (Fsp3) is 0.263. The molecule has 0 spiro atoms. The maximum Gasteiger partial charge on any atom is 0.339 e. The minimum atomic E-state index is -0.378. The minimum absolute atomic E-state index is 0.191. The molecule has 0 saturated heterocycles. The maximum absolute atomic E-state index is 11.8. The molecule has 0 heterocycles. The van der Waals surface area contributed by atoms with Crippen LogP contribution in [0, 0.1) is 6.92 Å². The van der Waals surface area contributed by atoms with Crippen LogP contribution in [0.25, 0.3) is 0 Å². The highest BCUT2D eigenvalue weighted by molar-refractivity contribution is 5.91. The van der Waals surface area contributed by atoms with Gasteiger partial charge < -0.3 is 10.1 Å². The molecule has 0 aliphatic rings. The Morgan fingerprint density at radius 3 is 2.58 bits per heavy atom. The Kier molecular flexibility index (Phi) is 6.37. The molecule has 1 atom stereocenters. The summed E-state index contributed by atoms with van der Waals surface area (Å²) in [7, 11) is 0. The number of nitrogens with zero attached hydrogens (tertiary/aromatic N) is 1. The van der Waals surface area contributed by atoms with E-state index in [4.69, 9.17) is 4.74 Å². The summed E-state index contributed by atoms with van der Waals surface area (Å²) in [6.45, 7) is 6.05. The van der Waals surface area contributed by atoms with Crippen LogP contribution in [0.15, 0.2) is 53.6 Å². The number of ether oxygens (including phenoxy) is 1. The third kappa shape index (κ3) is 5.43. The van der Waals surface area contributed by atoms with E-state index in [1.54, 1.807) is 6.21 Å². The maximum atomic E-state index is 11.8. The summed E-state index contributed by atoms with van der Waals surface area (Å²) >= 11 is 0. The van der Waals surface area contributed by atoms with Crippen molar-refractivity contribution in [3.63, 3.8) is 0 Å². The topological polar surface area (TPSA) is 62.7 Å². The molecule has 24 heavy (non-hydrogen) atoms. The fourth-order valence-corrected chi connectivity index (χ4v) is 1.98. The highest BCUT2D eigenvalue weighted by atomic mass is 16.5.